The summed E-state index contributed by atoms with van der Waals surface area (Å²) in [6.45, 7) is 6.12. The summed E-state index contributed by atoms with van der Waals surface area (Å²) < 4.78 is 1.00. The van der Waals surface area contributed by atoms with Gasteiger partial charge in [0.1, 0.15) is 0 Å². The third-order valence-electron chi connectivity index (χ3n) is 2.32. The Balaban J connectivity index is 3.16. The van der Waals surface area contributed by atoms with E-state index < -0.39 is 0 Å². The molecule has 1 aromatic rings. The quantitative estimate of drug-likeness (QED) is 0.867. The minimum atomic E-state index is -0.315. The topological polar surface area (TPSA) is 38.9 Å². The van der Waals surface area contributed by atoms with Gasteiger partial charge in [-0.15, -0.1) is 0 Å². The molecule has 2 N–H and O–H groups in total. The van der Waals surface area contributed by atoms with Crippen LogP contribution in [0.3, 0.4) is 0 Å². The first kappa shape index (κ1) is 10.7. The zero-order valence-corrected chi connectivity index (χ0v) is 9.85. The largest absolute Gasteiger partial charge is 0.320 e. The molecule has 0 aromatic carbocycles. The zero-order valence-electron chi connectivity index (χ0n) is 8.26. The molecule has 0 amide bonds. The number of nitrogens with zero attached hydrogens (tertiary/aromatic N) is 1. The van der Waals surface area contributed by atoms with Crippen molar-refractivity contribution in [3.8, 4) is 0 Å². The summed E-state index contributed by atoms with van der Waals surface area (Å²) in [5.41, 5.74) is 7.92. The summed E-state index contributed by atoms with van der Waals surface area (Å²) in [7, 11) is 0. The van der Waals surface area contributed by atoms with Gasteiger partial charge < -0.3 is 5.73 Å². The Morgan fingerprint density at radius 3 is 2.69 bits per heavy atom. The predicted octanol–water partition coefficient (Wildman–Crippen LogP) is 2.74. The van der Waals surface area contributed by atoms with E-state index >= 15 is 0 Å². The van der Waals surface area contributed by atoms with E-state index in [4.69, 9.17) is 5.73 Å². The molecule has 3 heteroatoms. The average Bonchev–Trinajstić information content (AvgIpc) is 2.03. The van der Waals surface area contributed by atoms with Gasteiger partial charge in [-0.3, -0.25) is 4.98 Å². The maximum Gasteiger partial charge on any atom is 0.0629 e. The van der Waals surface area contributed by atoms with Crippen LogP contribution in [0, 0.1) is 6.92 Å². The summed E-state index contributed by atoms with van der Waals surface area (Å²) in [4.78, 5) is 4.35. The fourth-order valence-electron chi connectivity index (χ4n) is 1.31. The third-order valence-corrected chi connectivity index (χ3v) is 2.75. The van der Waals surface area contributed by atoms with Crippen LogP contribution < -0.4 is 5.73 Å². The molecule has 0 aliphatic rings. The van der Waals surface area contributed by atoms with Crippen LogP contribution >= 0.6 is 15.9 Å². The highest BCUT2D eigenvalue weighted by Crippen LogP contribution is 2.24. The lowest BCUT2D eigenvalue weighted by molar-refractivity contribution is 0.458. The van der Waals surface area contributed by atoms with Crippen molar-refractivity contribution in [2.45, 2.75) is 32.7 Å². The molecule has 0 spiro atoms. The van der Waals surface area contributed by atoms with Crippen LogP contribution in [0.4, 0.5) is 0 Å². The molecule has 0 bridgehead atoms. The molecular weight excluding hydrogens is 228 g/mol. The van der Waals surface area contributed by atoms with Gasteiger partial charge in [0.25, 0.3) is 0 Å². The second kappa shape index (κ2) is 3.76. The zero-order chi connectivity index (χ0) is 10.1. The fourth-order valence-corrected chi connectivity index (χ4v) is 1.75. The summed E-state index contributed by atoms with van der Waals surface area (Å²) >= 11 is 3.38. The van der Waals surface area contributed by atoms with Gasteiger partial charge in [-0.05, 0) is 47.8 Å². The number of nitrogens with two attached hydrogens (primary N) is 1. The lowest BCUT2D eigenvalue weighted by Crippen LogP contribution is -2.33. The van der Waals surface area contributed by atoms with Crippen LogP contribution in [0.25, 0.3) is 0 Å². The lowest BCUT2D eigenvalue weighted by atomic mass is 9.92. The average molecular weight is 243 g/mol. The summed E-state index contributed by atoms with van der Waals surface area (Å²) in [6.07, 6.45) is 2.69. The summed E-state index contributed by atoms with van der Waals surface area (Å²) in [6, 6.07) is 2.04. The van der Waals surface area contributed by atoms with Gasteiger partial charge in [0, 0.05) is 10.7 Å². The second-order valence-electron chi connectivity index (χ2n) is 3.59. The Hall–Kier alpha value is -0.410. The molecule has 1 atom stereocenters. The fraction of sp³-hybridized carbons (Fsp3) is 0.500. The molecule has 13 heavy (non-hydrogen) atoms. The second-order valence-corrected chi connectivity index (χ2v) is 4.51. The van der Waals surface area contributed by atoms with E-state index in [1.165, 1.54) is 0 Å². The molecule has 0 saturated carbocycles. The first-order valence-electron chi connectivity index (χ1n) is 4.39. The lowest BCUT2D eigenvalue weighted by Gasteiger charge is -2.23. The maximum absolute atomic E-state index is 6.11. The molecule has 0 radical (unpaired) electrons. The third kappa shape index (κ3) is 2.29. The first-order valence-corrected chi connectivity index (χ1v) is 5.18. The van der Waals surface area contributed by atoms with E-state index in [9.17, 15) is 0 Å². The highest BCUT2D eigenvalue weighted by atomic mass is 79.9. The number of aryl methyl sites for hydroxylation is 1. The Kier molecular flexibility index (Phi) is 3.09. The van der Waals surface area contributed by atoms with Crippen molar-refractivity contribution in [3.05, 3.63) is 28.0 Å². The summed E-state index contributed by atoms with van der Waals surface area (Å²) in [5, 5.41) is 0. The van der Waals surface area contributed by atoms with E-state index in [1.807, 2.05) is 19.9 Å². The van der Waals surface area contributed by atoms with Crippen LogP contribution in [0.1, 0.15) is 31.5 Å². The number of rotatable bonds is 2. The molecule has 1 unspecified atom stereocenters. The van der Waals surface area contributed by atoms with E-state index in [2.05, 4.69) is 27.8 Å². The standard InChI is InChI=1S/C10H15BrN2/c1-4-10(3,12)9-7(2)5-8(11)6-13-9/h5-6H,4,12H2,1-3H3. The number of hydrogen-bond acceptors (Lipinski definition) is 2. The smallest absolute Gasteiger partial charge is 0.0629 e. The van der Waals surface area contributed by atoms with Crippen LogP contribution in [0.5, 0.6) is 0 Å². The minimum Gasteiger partial charge on any atom is -0.320 e. The van der Waals surface area contributed by atoms with E-state index in [-0.39, 0.29) is 5.54 Å². The van der Waals surface area contributed by atoms with Gasteiger partial charge in [-0.25, -0.2) is 0 Å². The molecule has 2 nitrogen and oxygen atoms in total. The maximum atomic E-state index is 6.11. The SMILES string of the molecule is CCC(C)(N)c1ncc(Br)cc1C. The Morgan fingerprint density at radius 1 is 1.62 bits per heavy atom. The predicted molar refractivity (Wildman–Crippen MR) is 58.5 cm³/mol. The van der Waals surface area contributed by atoms with Crippen LogP contribution in [0.15, 0.2) is 16.7 Å². The van der Waals surface area contributed by atoms with Gasteiger partial charge in [-0.2, -0.15) is 0 Å². The van der Waals surface area contributed by atoms with Crippen molar-refractivity contribution < 1.29 is 0 Å². The Labute approximate surface area is 87.7 Å². The van der Waals surface area contributed by atoms with Gasteiger partial charge >= 0.3 is 0 Å². The normalized spacial score (nSPS) is 15.5. The van der Waals surface area contributed by atoms with Crippen molar-refractivity contribution in [2.24, 2.45) is 5.73 Å². The monoisotopic (exact) mass is 242 g/mol. The molecule has 0 aliphatic carbocycles. The highest BCUT2D eigenvalue weighted by molar-refractivity contribution is 9.10. The molecule has 0 aliphatic heterocycles. The number of hydrogen-bond donors (Lipinski definition) is 1. The number of halogens is 1. The minimum absolute atomic E-state index is 0.315. The molecule has 1 rings (SSSR count). The first-order chi connectivity index (χ1) is 5.97. The summed E-state index contributed by atoms with van der Waals surface area (Å²) in [5.74, 6) is 0. The van der Waals surface area contributed by atoms with E-state index in [0.29, 0.717) is 0 Å². The highest BCUT2D eigenvalue weighted by Gasteiger charge is 2.22. The molecule has 0 saturated heterocycles. The number of aromatic nitrogens is 1. The van der Waals surface area contributed by atoms with Crippen molar-refractivity contribution in [1.82, 2.24) is 4.98 Å². The molecular formula is C10H15BrN2. The van der Waals surface area contributed by atoms with Crippen molar-refractivity contribution in [2.75, 3.05) is 0 Å². The van der Waals surface area contributed by atoms with Crippen LogP contribution in [-0.4, -0.2) is 4.98 Å². The Bertz CT molecular complexity index is 308. The van der Waals surface area contributed by atoms with Crippen LogP contribution in [-0.2, 0) is 5.54 Å². The van der Waals surface area contributed by atoms with Crippen molar-refractivity contribution in [3.63, 3.8) is 0 Å². The van der Waals surface area contributed by atoms with E-state index in [1.54, 1.807) is 6.20 Å². The van der Waals surface area contributed by atoms with Gasteiger partial charge in [0.2, 0.25) is 0 Å². The molecule has 72 valence electrons. The Morgan fingerprint density at radius 2 is 2.23 bits per heavy atom. The molecule has 0 fully saturated rings. The molecule has 1 heterocycles. The van der Waals surface area contributed by atoms with Crippen molar-refractivity contribution in [1.29, 1.82) is 0 Å². The number of pyridine rings is 1. The van der Waals surface area contributed by atoms with Gasteiger partial charge in [0.05, 0.1) is 11.2 Å². The van der Waals surface area contributed by atoms with Crippen molar-refractivity contribution >= 4 is 15.9 Å². The van der Waals surface area contributed by atoms with Crippen LogP contribution in [0.2, 0.25) is 0 Å². The van der Waals surface area contributed by atoms with Gasteiger partial charge in [-0.1, -0.05) is 6.92 Å². The van der Waals surface area contributed by atoms with Gasteiger partial charge in [0.15, 0.2) is 0 Å². The molecule has 1 aromatic heterocycles. The van der Waals surface area contributed by atoms with E-state index in [0.717, 1.165) is 22.2 Å².